The lowest BCUT2D eigenvalue weighted by molar-refractivity contribution is 0.218. The Labute approximate surface area is 114 Å². The molecular formula is C15H22N2S. The van der Waals surface area contributed by atoms with Gasteiger partial charge in [-0.3, -0.25) is 0 Å². The number of rotatable bonds is 2. The normalized spacial score (nSPS) is 19.2. The Morgan fingerprint density at radius 2 is 2.17 bits per heavy atom. The van der Waals surface area contributed by atoms with Crippen LogP contribution in [-0.2, 0) is 12.8 Å². The average Bonchev–Trinajstić information content (AvgIpc) is 2.64. The van der Waals surface area contributed by atoms with Crippen LogP contribution in [0.1, 0.15) is 50.1 Å². The summed E-state index contributed by atoms with van der Waals surface area (Å²) in [6.07, 6.45) is 3.43. The molecule has 0 amide bonds. The average molecular weight is 262 g/mol. The van der Waals surface area contributed by atoms with E-state index in [0.29, 0.717) is 5.41 Å². The Bertz CT molecular complexity index is 474. The van der Waals surface area contributed by atoms with Crippen molar-refractivity contribution in [3.8, 4) is 6.07 Å². The van der Waals surface area contributed by atoms with E-state index in [4.69, 9.17) is 0 Å². The molecule has 1 N–H and O–H groups in total. The van der Waals surface area contributed by atoms with Crippen LogP contribution in [0.2, 0.25) is 0 Å². The van der Waals surface area contributed by atoms with E-state index in [0.717, 1.165) is 35.9 Å². The predicted molar refractivity (Wildman–Crippen MR) is 78.2 cm³/mol. The summed E-state index contributed by atoms with van der Waals surface area (Å²) in [5, 5.41) is 13.7. The minimum Gasteiger partial charge on any atom is -0.376 e. The Hall–Kier alpha value is -1.01. The van der Waals surface area contributed by atoms with Crippen LogP contribution in [0.25, 0.3) is 0 Å². The number of nitrogens with one attached hydrogen (secondary N) is 1. The van der Waals surface area contributed by atoms with Crippen molar-refractivity contribution in [1.82, 2.24) is 0 Å². The quantitative estimate of drug-likeness (QED) is 0.867. The topological polar surface area (TPSA) is 35.8 Å². The van der Waals surface area contributed by atoms with Crippen LogP contribution in [0.3, 0.4) is 0 Å². The van der Waals surface area contributed by atoms with Gasteiger partial charge in [0.05, 0.1) is 5.56 Å². The molecule has 0 radical (unpaired) electrons. The van der Waals surface area contributed by atoms with Crippen molar-refractivity contribution in [2.45, 2.75) is 47.0 Å². The maximum absolute atomic E-state index is 9.33. The SMILES string of the molecule is CCNc1sc2c(c1C#N)CC[C@H](C(C)(C)C)C2. The minimum atomic E-state index is 0.368. The molecule has 0 aliphatic heterocycles. The summed E-state index contributed by atoms with van der Waals surface area (Å²) in [5.41, 5.74) is 2.59. The largest absolute Gasteiger partial charge is 0.376 e. The van der Waals surface area contributed by atoms with Crippen LogP contribution in [0, 0.1) is 22.7 Å². The van der Waals surface area contributed by atoms with Gasteiger partial charge in [-0.25, -0.2) is 0 Å². The van der Waals surface area contributed by atoms with E-state index in [1.54, 1.807) is 11.3 Å². The second-order valence-corrected chi connectivity index (χ2v) is 7.26. The molecule has 1 atom stereocenters. The molecule has 0 aromatic carbocycles. The fraction of sp³-hybridized carbons (Fsp3) is 0.667. The zero-order chi connectivity index (χ0) is 13.3. The van der Waals surface area contributed by atoms with Crippen molar-refractivity contribution in [3.05, 3.63) is 16.0 Å². The maximum Gasteiger partial charge on any atom is 0.107 e. The molecule has 98 valence electrons. The van der Waals surface area contributed by atoms with Crippen LogP contribution in [0.4, 0.5) is 5.00 Å². The Kier molecular flexibility index (Phi) is 3.68. The molecule has 1 heterocycles. The highest BCUT2D eigenvalue weighted by molar-refractivity contribution is 7.16. The third kappa shape index (κ3) is 2.40. The molecule has 1 aromatic heterocycles. The van der Waals surface area contributed by atoms with Gasteiger partial charge in [0.2, 0.25) is 0 Å². The summed E-state index contributed by atoms with van der Waals surface area (Å²) in [7, 11) is 0. The van der Waals surface area contributed by atoms with E-state index in [9.17, 15) is 5.26 Å². The van der Waals surface area contributed by atoms with Gasteiger partial charge in [-0.05, 0) is 43.1 Å². The molecule has 2 rings (SSSR count). The highest BCUT2D eigenvalue weighted by Crippen LogP contribution is 2.43. The summed E-state index contributed by atoms with van der Waals surface area (Å²) in [5.74, 6) is 0.740. The number of thiophene rings is 1. The van der Waals surface area contributed by atoms with Gasteiger partial charge in [0.1, 0.15) is 11.1 Å². The van der Waals surface area contributed by atoms with Gasteiger partial charge < -0.3 is 5.32 Å². The van der Waals surface area contributed by atoms with Gasteiger partial charge >= 0.3 is 0 Å². The molecule has 2 nitrogen and oxygen atoms in total. The van der Waals surface area contributed by atoms with Crippen molar-refractivity contribution < 1.29 is 0 Å². The third-order valence-electron chi connectivity index (χ3n) is 3.94. The van der Waals surface area contributed by atoms with Crippen LogP contribution in [0.5, 0.6) is 0 Å². The van der Waals surface area contributed by atoms with Gasteiger partial charge in [0, 0.05) is 11.4 Å². The standard InChI is InChI=1S/C15H22N2S/c1-5-17-14-12(9-16)11-7-6-10(15(2,3)4)8-13(11)18-14/h10,17H,5-8H2,1-4H3/t10-/m0/s1. The Morgan fingerprint density at radius 3 is 2.72 bits per heavy atom. The number of anilines is 1. The molecule has 0 saturated carbocycles. The Balaban J connectivity index is 2.32. The number of nitrogens with zero attached hydrogens (tertiary/aromatic N) is 1. The first-order valence-electron chi connectivity index (χ1n) is 6.75. The summed E-state index contributed by atoms with van der Waals surface area (Å²) in [6.45, 7) is 9.95. The summed E-state index contributed by atoms with van der Waals surface area (Å²) in [4.78, 5) is 1.44. The fourth-order valence-electron chi connectivity index (χ4n) is 2.73. The van der Waals surface area contributed by atoms with Crippen LogP contribution in [0.15, 0.2) is 0 Å². The fourth-order valence-corrected chi connectivity index (χ4v) is 4.07. The van der Waals surface area contributed by atoms with Crippen molar-refractivity contribution >= 4 is 16.3 Å². The molecule has 1 aromatic rings. The first-order valence-corrected chi connectivity index (χ1v) is 7.57. The van der Waals surface area contributed by atoms with Gasteiger partial charge in [0.25, 0.3) is 0 Å². The lowest BCUT2D eigenvalue weighted by Gasteiger charge is -2.33. The summed E-state index contributed by atoms with van der Waals surface area (Å²) < 4.78 is 0. The smallest absolute Gasteiger partial charge is 0.107 e. The molecule has 18 heavy (non-hydrogen) atoms. The lowest BCUT2D eigenvalue weighted by atomic mass is 9.72. The number of hydrogen-bond donors (Lipinski definition) is 1. The maximum atomic E-state index is 9.33. The van der Waals surface area contributed by atoms with E-state index in [1.165, 1.54) is 16.9 Å². The molecule has 0 bridgehead atoms. The van der Waals surface area contributed by atoms with Crippen LogP contribution >= 0.6 is 11.3 Å². The molecule has 1 aliphatic carbocycles. The van der Waals surface area contributed by atoms with Gasteiger partial charge in [-0.2, -0.15) is 5.26 Å². The predicted octanol–water partition coefficient (Wildman–Crippen LogP) is 4.20. The minimum absolute atomic E-state index is 0.368. The summed E-state index contributed by atoms with van der Waals surface area (Å²) in [6, 6.07) is 2.39. The van der Waals surface area contributed by atoms with E-state index in [1.807, 2.05) is 0 Å². The third-order valence-corrected chi connectivity index (χ3v) is 5.15. The van der Waals surface area contributed by atoms with Crippen LogP contribution < -0.4 is 5.32 Å². The van der Waals surface area contributed by atoms with E-state index < -0.39 is 0 Å². The molecule has 1 aliphatic rings. The zero-order valence-electron chi connectivity index (χ0n) is 11.8. The van der Waals surface area contributed by atoms with Crippen molar-refractivity contribution in [3.63, 3.8) is 0 Å². The number of fused-ring (bicyclic) bond motifs is 1. The highest BCUT2D eigenvalue weighted by atomic mass is 32.1. The molecule has 0 unspecified atom stereocenters. The number of hydrogen-bond acceptors (Lipinski definition) is 3. The molecule has 3 heteroatoms. The van der Waals surface area contributed by atoms with Crippen LogP contribution in [-0.4, -0.2) is 6.54 Å². The summed E-state index contributed by atoms with van der Waals surface area (Å²) >= 11 is 1.80. The van der Waals surface area contributed by atoms with Gasteiger partial charge in [0.15, 0.2) is 0 Å². The second-order valence-electron chi connectivity index (χ2n) is 6.16. The second kappa shape index (κ2) is 4.93. The first-order chi connectivity index (χ1) is 8.47. The Morgan fingerprint density at radius 1 is 1.44 bits per heavy atom. The molecule has 0 spiro atoms. The van der Waals surface area contributed by atoms with E-state index >= 15 is 0 Å². The highest BCUT2D eigenvalue weighted by Gasteiger charge is 2.31. The van der Waals surface area contributed by atoms with E-state index in [-0.39, 0.29) is 0 Å². The molecular weight excluding hydrogens is 240 g/mol. The van der Waals surface area contributed by atoms with Crippen molar-refractivity contribution in [1.29, 1.82) is 5.26 Å². The number of nitriles is 1. The molecule has 0 saturated heterocycles. The molecule has 0 fully saturated rings. The van der Waals surface area contributed by atoms with E-state index in [2.05, 4.69) is 39.1 Å². The lowest BCUT2D eigenvalue weighted by Crippen LogP contribution is -2.26. The first kappa shape index (κ1) is 13.4. The monoisotopic (exact) mass is 262 g/mol. The van der Waals surface area contributed by atoms with Crippen molar-refractivity contribution in [2.75, 3.05) is 11.9 Å². The van der Waals surface area contributed by atoms with Gasteiger partial charge in [-0.15, -0.1) is 11.3 Å². The zero-order valence-corrected chi connectivity index (χ0v) is 12.6. The van der Waals surface area contributed by atoms with Gasteiger partial charge in [-0.1, -0.05) is 20.8 Å². The van der Waals surface area contributed by atoms with Crippen molar-refractivity contribution in [2.24, 2.45) is 11.3 Å².